The van der Waals surface area contributed by atoms with E-state index in [9.17, 15) is 10.5 Å². The predicted octanol–water partition coefficient (Wildman–Crippen LogP) is 10.7. The lowest BCUT2D eigenvalue weighted by molar-refractivity contribution is 0.669. The van der Waals surface area contributed by atoms with Gasteiger partial charge in [0.05, 0.1) is 23.3 Å². The van der Waals surface area contributed by atoms with Crippen molar-refractivity contribution in [3.63, 3.8) is 0 Å². The average Bonchev–Trinajstić information content (AvgIpc) is 3.61. The Hall–Kier alpha value is -5.68. The molecule has 3 nitrogen and oxygen atoms in total. The first-order chi connectivity index (χ1) is 20.7. The van der Waals surface area contributed by atoms with Crippen LogP contribution in [0, 0.1) is 22.7 Å². The first kappa shape index (κ1) is 24.1. The number of hydrogen-bond donors (Lipinski definition) is 0. The van der Waals surface area contributed by atoms with Crippen LogP contribution in [0.5, 0.6) is 0 Å². The first-order valence-corrected chi connectivity index (χ1v) is 14.4. The van der Waals surface area contributed by atoms with Crippen molar-refractivity contribution in [2.24, 2.45) is 0 Å². The maximum atomic E-state index is 9.98. The molecule has 0 N–H and O–H groups in total. The molecule has 0 atom stereocenters. The molecule has 0 saturated carbocycles. The van der Waals surface area contributed by atoms with Crippen molar-refractivity contribution in [3.8, 4) is 45.5 Å². The molecule has 42 heavy (non-hydrogen) atoms. The van der Waals surface area contributed by atoms with Gasteiger partial charge in [-0.25, -0.2) is 0 Å². The van der Waals surface area contributed by atoms with Crippen LogP contribution in [0.1, 0.15) is 11.1 Å². The Bertz CT molecular complexity index is 2450. The molecule has 2 heterocycles. The Morgan fingerprint density at radius 2 is 1.17 bits per heavy atom. The van der Waals surface area contributed by atoms with Crippen LogP contribution in [-0.4, -0.2) is 0 Å². The summed E-state index contributed by atoms with van der Waals surface area (Å²) in [5.74, 6) is 0. The quantitative estimate of drug-likeness (QED) is 0.219. The number of furan rings is 1. The van der Waals surface area contributed by atoms with Crippen LogP contribution in [0.25, 0.3) is 75.5 Å². The van der Waals surface area contributed by atoms with E-state index in [4.69, 9.17) is 4.42 Å². The molecule has 194 valence electrons. The van der Waals surface area contributed by atoms with Crippen molar-refractivity contribution >= 4 is 53.4 Å². The second-order valence-electron chi connectivity index (χ2n) is 10.4. The van der Waals surface area contributed by atoms with Gasteiger partial charge in [-0.15, -0.1) is 11.3 Å². The number of fused-ring (bicyclic) bond motifs is 6. The van der Waals surface area contributed by atoms with E-state index in [1.807, 2.05) is 24.3 Å². The molecule has 8 rings (SSSR count). The molecular weight excluding hydrogens is 532 g/mol. The zero-order chi connectivity index (χ0) is 28.2. The monoisotopic (exact) mass is 552 g/mol. The summed E-state index contributed by atoms with van der Waals surface area (Å²) in [6.07, 6.45) is 0. The minimum Gasteiger partial charge on any atom is -0.456 e. The number of benzene rings is 6. The summed E-state index contributed by atoms with van der Waals surface area (Å²) in [7, 11) is 0. The van der Waals surface area contributed by atoms with E-state index in [-0.39, 0.29) is 0 Å². The lowest BCUT2D eigenvalue weighted by atomic mass is 9.90. The fourth-order valence-corrected chi connectivity index (χ4v) is 6.97. The summed E-state index contributed by atoms with van der Waals surface area (Å²) in [6, 6.07) is 45.8. The Labute approximate surface area is 245 Å². The maximum Gasteiger partial charge on any atom is 0.136 e. The number of rotatable bonds is 3. The van der Waals surface area contributed by atoms with Crippen molar-refractivity contribution in [3.05, 3.63) is 132 Å². The zero-order valence-electron chi connectivity index (χ0n) is 22.3. The highest BCUT2D eigenvalue weighted by atomic mass is 32.1. The molecule has 8 aromatic rings. The smallest absolute Gasteiger partial charge is 0.136 e. The van der Waals surface area contributed by atoms with E-state index in [0.717, 1.165) is 55.3 Å². The van der Waals surface area contributed by atoms with Crippen molar-refractivity contribution in [2.45, 2.75) is 0 Å². The molecule has 0 fully saturated rings. The summed E-state index contributed by atoms with van der Waals surface area (Å²) >= 11 is 1.80. The third-order valence-electron chi connectivity index (χ3n) is 7.94. The fraction of sp³-hybridized carbons (Fsp3) is 0. The fourth-order valence-electron chi connectivity index (χ4n) is 5.89. The first-order valence-electron chi connectivity index (χ1n) is 13.6. The van der Waals surface area contributed by atoms with E-state index >= 15 is 0 Å². The molecule has 0 radical (unpaired) electrons. The van der Waals surface area contributed by atoms with E-state index in [1.165, 1.54) is 20.2 Å². The summed E-state index contributed by atoms with van der Waals surface area (Å²) in [5, 5.41) is 24.1. The van der Waals surface area contributed by atoms with Gasteiger partial charge in [0.2, 0.25) is 0 Å². The van der Waals surface area contributed by atoms with Gasteiger partial charge >= 0.3 is 0 Å². The van der Waals surface area contributed by atoms with Crippen molar-refractivity contribution < 1.29 is 4.42 Å². The molecule has 4 heteroatoms. The van der Waals surface area contributed by atoms with E-state index in [0.29, 0.717) is 11.1 Å². The Balaban J connectivity index is 1.36. The third-order valence-corrected chi connectivity index (χ3v) is 9.09. The van der Waals surface area contributed by atoms with Crippen LogP contribution in [0.2, 0.25) is 0 Å². The second kappa shape index (κ2) is 9.46. The molecule has 0 aliphatic rings. The molecular formula is C38H20N2OS. The average molecular weight is 553 g/mol. The molecule has 0 aliphatic carbocycles. The maximum absolute atomic E-state index is 9.98. The molecule has 0 saturated heterocycles. The molecule has 2 aromatic heterocycles. The van der Waals surface area contributed by atoms with E-state index in [1.54, 1.807) is 23.5 Å². The van der Waals surface area contributed by atoms with Gasteiger partial charge in [0.25, 0.3) is 0 Å². The van der Waals surface area contributed by atoms with Gasteiger partial charge < -0.3 is 4.42 Å². The second-order valence-corrected chi connectivity index (χ2v) is 11.5. The standard InChI is InChI=1S/C38H20N2OS/c39-21-23-9-12-30(29(15-23)22-40)28-17-26(24-11-14-38-34(19-24)33-6-2-4-8-37(33)42-38)16-27(18-28)25-10-13-32-31-5-1-3-7-35(31)41-36(32)20-25/h1-20H. The summed E-state index contributed by atoms with van der Waals surface area (Å²) in [4.78, 5) is 0. The zero-order valence-corrected chi connectivity index (χ0v) is 23.1. The molecule has 0 unspecified atom stereocenters. The summed E-state index contributed by atoms with van der Waals surface area (Å²) < 4.78 is 8.74. The molecule has 0 spiro atoms. The van der Waals surface area contributed by atoms with Gasteiger partial charge in [-0.2, -0.15) is 10.5 Å². The highest BCUT2D eigenvalue weighted by molar-refractivity contribution is 7.25. The highest BCUT2D eigenvalue weighted by Crippen LogP contribution is 2.40. The molecule has 6 aromatic carbocycles. The van der Waals surface area contributed by atoms with Crippen LogP contribution in [0.4, 0.5) is 0 Å². The number of thiophene rings is 1. The highest BCUT2D eigenvalue weighted by Gasteiger charge is 2.14. The Kier molecular flexibility index (Phi) is 5.44. The normalized spacial score (nSPS) is 11.3. The summed E-state index contributed by atoms with van der Waals surface area (Å²) in [6.45, 7) is 0. The van der Waals surface area contributed by atoms with Crippen LogP contribution in [0.15, 0.2) is 126 Å². The SMILES string of the molecule is N#Cc1ccc(-c2cc(-c3ccc4c(c3)oc3ccccc34)cc(-c3ccc4sc5ccccc5c4c3)c2)c(C#N)c1. The van der Waals surface area contributed by atoms with E-state index in [2.05, 4.69) is 97.1 Å². The van der Waals surface area contributed by atoms with Crippen molar-refractivity contribution in [1.29, 1.82) is 10.5 Å². The van der Waals surface area contributed by atoms with Crippen molar-refractivity contribution in [1.82, 2.24) is 0 Å². The van der Waals surface area contributed by atoms with Crippen LogP contribution in [-0.2, 0) is 0 Å². The minimum absolute atomic E-state index is 0.469. The lowest BCUT2D eigenvalue weighted by Crippen LogP contribution is -1.90. The lowest BCUT2D eigenvalue weighted by Gasteiger charge is -2.13. The molecule has 0 bridgehead atoms. The van der Waals surface area contributed by atoms with Gasteiger partial charge in [0.1, 0.15) is 11.2 Å². The molecule has 0 amide bonds. The van der Waals surface area contributed by atoms with Gasteiger partial charge in [-0.05, 0) is 100 Å². The van der Waals surface area contributed by atoms with Crippen LogP contribution < -0.4 is 0 Å². The van der Waals surface area contributed by atoms with Gasteiger partial charge in [0, 0.05) is 30.9 Å². The number of para-hydroxylation sites is 1. The van der Waals surface area contributed by atoms with Gasteiger partial charge in [-0.1, -0.05) is 54.6 Å². The van der Waals surface area contributed by atoms with Crippen molar-refractivity contribution in [2.75, 3.05) is 0 Å². The Morgan fingerprint density at radius 3 is 2.00 bits per heavy atom. The molecule has 0 aliphatic heterocycles. The largest absolute Gasteiger partial charge is 0.456 e. The summed E-state index contributed by atoms with van der Waals surface area (Å²) in [5.41, 5.74) is 8.57. The topological polar surface area (TPSA) is 60.7 Å². The predicted molar refractivity (Wildman–Crippen MR) is 172 cm³/mol. The van der Waals surface area contributed by atoms with Gasteiger partial charge in [-0.3, -0.25) is 0 Å². The van der Waals surface area contributed by atoms with Crippen LogP contribution >= 0.6 is 11.3 Å². The Morgan fingerprint density at radius 1 is 0.476 bits per heavy atom. The van der Waals surface area contributed by atoms with Gasteiger partial charge in [0.15, 0.2) is 0 Å². The number of hydrogen-bond acceptors (Lipinski definition) is 4. The number of nitrogens with zero attached hydrogens (tertiary/aromatic N) is 2. The number of nitriles is 2. The minimum atomic E-state index is 0.469. The van der Waals surface area contributed by atoms with Crippen LogP contribution in [0.3, 0.4) is 0 Å². The van der Waals surface area contributed by atoms with E-state index < -0.39 is 0 Å². The third kappa shape index (κ3) is 3.86.